The number of hydrogen-bond acceptors (Lipinski definition) is 2. The van der Waals surface area contributed by atoms with Crippen molar-refractivity contribution in [2.45, 2.75) is 51.8 Å². The second-order valence-electron chi connectivity index (χ2n) is 4.16. The number of rotatable bonds is 7. The van der Waals surface area contributed by atoms with Gasteiger partial charge in [-0.1, -0.05) is 20.8 Å². The van der Waals surface area contributed by atoms with Crippen molar-refractivity contribution in [3.8, 4) is 0 Å². The molecule has 0 aromatic heterocycles. The van der Waals surface area contributed by atoms with Gasteiger partial charge in [-0.25, -0.2) is 0 Å². The fraction of sp³-hybridized carbons (Fsp3) is 1.00. The second-order valence-corrected chi connectivity index (χ2v) is 4.16. The molecule has 0 spiro atoms. The van der Waals surface area contributed by atoms with Crippen LogP contribution >= 0.6 is 0 Å². The van der Waals surface area contributed by atoms with E-state index >= 15 is 0 Å². The molecular weight excluding hydrogens is 219 g/mol. The van der Waals surface area contributed by atoms with Gasteiger partial charge in [0.15, 0.2) is 5.60 Å². The van der Waals surface area contributed by atoms with E-state index < -0.39 is 11.8 Å². The average molecular weight is 241 g/mol. The maximum atomic E-state index is 12.7. The third-order valence-electron chi connectivity index (χ3n) is 2.68. The SMILES string of the molecule is CCCN(CCC)CC(O)(CC)C(F)(F)F. The Bertz CT molecular complexity index is 190. The molecule has 1 unspecified atom stereocenters. The Morgan fingerprint density at radius 3 is 1.69 bits per heavy atom. The molecule has 0 rings (SSSR count). The summed E-state index contributed by atoms with van der Waals surface area (Å²) in [5.74, 6) is 0. The van der Waals surface area contributed by atoms with Crippen LogP contribution in [-0.2, 0) is 0 Å². The first-order valence-corrected chi connectivity index (χ1v) is 5.82. The highest BCUT2D eigenvalue weighted by Crippen LogP contribution is 2.33. The van der Waals surface area contributed by atoms with Crippen molar-refractivity contribution < 1.29 is 18.3 Å². The number of alkyl halides is 3. The van der Waals surface area contributed by atoms with Crippen LogP contribution in [0.1, 0.15) is 40.0 Å². The third kappa shape index (κ3) is 4.29. The molecule has 0 aromatic carbocycles. The van der Waals surface area contributed by atoms with Gasteiger partial charge in [0.05, 0.1) is 0 Å². The molecule has 0 aliphatic carbocycles. The summed E-state index contributed by atoms with van der Waals surface area (Å²) in [4.78, 5) is 1.68. The number of hydrogen-bond donors (Lipinski definition) is 1. The minimum atomic E-state index is -4.55. The smallest absolute Gasteiger partial charge is 0.379 e. The average Bonchev–Trinajstić information content (AvgIpc) is 2.16. The van der Waals surface area contributed by atoms with Crippen LogP contribution < -0.4 is 0 Å². The fourth-order valence-corrected chi connectivity index (χ4v) is 1.67. The Morgan fingerprint density at radius 2 is 1.44 bits per heavy atom. The van der Waals surface area contributed by atoms with Crippen LogP contribution in [-0.4, -0.2) is 41.4 Å². The maximum absolute atomic E-state index is 12.7. The molecule has 5 heteroatoms. The van der Waals surface area contributed by atoms with E-state index in [1.54, 1.807) is 4.90 Å². The van der Waals surface area contributed by atoms with Crippen LogP contribution in [0.25, 0.3) is 0 Å². The summed E-state index contributed by atoms with van der Waals surface area (Å²) in [6.07, 6.45) is -3.28. The molecule has 1 atom stereocenters. The van der Waals surface area contributed by atoms with Gasteiger partial charge in [0.2, 0.25) is 0 Å². The van der Waals surface area contributed by atoms with Crippen molar-refractivity contribution in [3.05, 3.63) is 0 Å². The zero-order valence-electron chi connectivity index (χ0n) is 10.3. The van der Waals surface area contributed by atoms with Crippen molar-refractivity contribution in [1.82, 2.24) is 4.90 Å². The van der Waals surface area contributed by atoms with Crippen LogP contribution in [0.3, 0.4) is 0 Å². The molecule has 16 heavy (non-hydrogen) atoms. The normalized spacial score (nSPS) is 16.5. The lowest BCUT2D eigenvalue weighted by molar-refractivity contribution is -0.266. The minimum Gasteiger partial charge on any atom is -0.379 e. The molecule has 0 aliphatic heterocycles. The maximum Gasteiger partial charge on any atom is 0.418 e. The van der Waals surface area contributed by atoms with Gasteiger partial charge < -0.3 is 10.0 Å². The summed E-state index contributed by atoms with van der Waals surface area (Å²) in [7, 11) is 0. The van der Waals surface area contributed by atoms with E-state index in [9.17, 15) is 18.3 Å². The fourth-order valence-electron chi connectivity index (χ4n) is 1.67. The van der Waals surface area contributed by atoms with E-state index in [-0.39, 0.29) is 13.0 Å². The Hall–Kier alpha value is -0.290. The van der Waals surface area contributed by atoms with Crippen LogP contribution in [0.15, 0.2) is 0 Å². The lowest BCUT2D eigenvalue weighted by atomic mass is 9.99. The van der Waals surface area contributed by atoms with E-state index in [1.165, 1.54) is 6.92 Å². The van der Waals surface area contributed by atoms with Crippen molar-refractivity contribution in [1.29, 1.82) is 0 Å². The van der Waals surface area contributed by atoms with Crippen molar-refractivity contribution in [3.63, 3.8) is 0 Å². The van der Waals surface area contributed by atoms with Gasteiger partial charge in [0.1, 0.15) is 0 Å². The Morgan fingerprint density at radius 1 is 1.00 bits per heavy atom. The predicted molar refractivity (Wildman–Crippen MR) is 58.3 cm³/mol. The molecule has 2 nitrogen and oxygen atoms in total. The molecule has 98 valence electrons. The first kappa shape index (κ1) is 15.7. The Balaban J connectivity index is 4.59. The minimum absolute atomic E-state index is 0.305. The van der Waals surface area contributed by atoms with E-state index in [0.717, 1.165) is 12.8 Å². The highest BCUT2D eigenvalue weighted by atomic mass is 19.4. The topological polar surface area (TPSA) is 23.5 Å². The van der Waals surface area contributed by atoms with Gasteiger partial charge in [-0.05, 0) is 32.4 Å². The first-order chi connectivity index (χ1) is 7.30. The highest BCUT2D eigenvalue weighted by molar-refractivity contribution is 4.88. The molecule has 0 fully saturated rings. The summed E-state index contributed by atoms with van der Waals surface area (Å²) >= 11 is 0. The largest absolute Gasteiger partial charge is 0.418 e. The second kappa shape index (κ2) is 6.45. The molecule has 0 radical (unpaired) electrons. The Kier molecular flexibility index (Phi) is 6.33. The highest BCUT2D eigenvalue weighted by Gasteiger charge is 2.52. The number of aliphatic hydroxyl groups is 1. The van der Waals surface area contributed by atoms with Crippen molar-refractivity contribution in [2.75, 3.05) is 19.6 Å². The first-order valence-electron chi connectivity index (χ1n) is 5.82. The van der Waals surface area contributed by atoms with Gasteiger partial charge >= 0.3 is 6.18 Å². The molecule has 0 amide bonds. The van der Waals surface area contributed by atoms with Gasteiger partial charge in [0.25, 0.3) is 0 Å². The van der Waals surface area contributed by atoms with Crippen molar-refractivity contribution >= 4 is 0 Å². The predicted octanol–water partition coefficient (Wildman–Crippen LogP) is 2.81. The molecule has 0 saturated heterocycles. The van der Waals surface area contributed by atoms with Crippen molar-refractivity contribution in [2.24, 2.45) is 0 Å². The van der Waals surface area contributed by atoms with Crippen LogP contribution in [0.5, 0.6) is 0 Å². The van der Waals surface area contributed by atoms with Gasteiger partial charge in [-0.2, -0.15) is 13.2 Å². The van der Waals surface area contributed by atoms with E-state index in [1.807, 2.05) is 13.8 Å². The number of nitrogens with zero attached hydrogens (tertiary/aromatic N) is 1. The summed E-state index contributed by atoms with van der Waals surface area (Å²) in [5, 5.41) is 9.61. The zero-order valence-corrected chi connectivity index (χ0v) is 10.3. The van der Waals surface area contributed by atoms with E-state index in [4.69, 9.17) is 0 Å². The van der Waals surface area contributed by atoms with Gasteiger partial charge in [-0.3, -0.25) is 0 Å². The van der Waals surface area contributed by atoms with Gasteiger partial charge in [-0.15, -0.1) is 0 Å². The molecule has 0 saturated carbocycles. The molecule has 0 aromatic rings. The summed E-state index contributed by atoms with van der Waals surface area (Å²) in [6, 6.07) is 0. The standard InChI is InChI=1S/C11H22F3NO/c1-4-7-15(8-5-2)9-10(16,6-3)11(12,13)14/h16H,4-9H2,1-3H3. The number of halogens is 3. The Labute approximate surface area is 95.4 Å². The summed E-state index contributed by atoms with van der Waals surface area (Å²) in [6.45, 7) is 6.05. The van der Waals surface area contributed by atoms with Crippen LogP contribution in [0.2, 0.25) is 0 Å². The van der Waals surface area contributed by atoms with Crippen LogP contribution in [0, 0.1) is 0 Å². The van der Waals surface area contributed by atoms with Crippen LogP contribution in [0.4, 0.5) is 13.2 Å². The lowest BCUT2D eigenvalue weighted by Crippen LogP contribution is -2.53. The zero-order chi connectivity index (χ0) is 12.8. The lowest BCUT2D eigenvalue weighted by Gasteiger charge is -2.34. The third-order valence-corrected chi connectivity index (χ3v) is 2.68. The van der Waals surface area contributed by atoms with E-state index in [2.05, 4.69) is 0 Å². The monoisotopic (exact) mass is 241 g/mol. The molecule has 0 bridgehead atoms. The summed E-state index contributed by atoms with van der Waals surface area (Å²) in [5.41, 5.74) is -2.57. The molecular formula is C11H22F3NO. The van der Waals surface area contributed by atoms with Gasteiger partial charge in [0, 0.05) is 6.54 Å². The summed E-state index contributed by atoms with van der Waals surface area (Å²) < 4.78 is 38.0. The van der Waals surface area contributed by atoms with E-state index in [0.29, 0.717) is 13.1 Å². The molecule has 0 heterocycles. The molecule has 1 N–H and O–H groups in total. The quantitative estimate of drug-likeness (QED) is 0.741. The molecule has 0 aliphatic rings.